The van der Waals surface area contributed by atoms with Crippen LogP contribution in [0.3, 0.4) is 0 Å². The number of aliphatic hydroxyl groups excluding tert-OH is 1. The number of hydrogen-bond acceptors (Lipinski definition) is 4. The second kappa shape index (κ2) is 6.38. The Morgan fingerprint density at radius 2 is 1.94 bits per heavy atom. The molecule has 0 aliphatic rings. The number of nitrogens with zero attached hydrogens (tertiary/aromatic N) is 1. The molecule has 0 bridgehead atoms. The Morgan fingerprint density at radius 1 is 1.29 bits per heavy atom. The molecule has 0 aliphatic heterocycles. The third-order valence-corrected chi connectivity index (χ3v) is 4.15. The maximum Gasteiger partial charge on any atom is 0.180 e. The molecule has 0 saturated heterocycles. The van der Waals surface area contributed by atoms with E-state index in [0.29, 0.717) is 19.3 Å². The molecular weight excluding hydrogens is 238 g/mol. The minimum atomic E-state index is -3.43. The van der Waals surface area contributed by atoms with Gasteiger partial charge in [-0.05, 0) is 25.0 Å². The molecule has 0 radical (unpaired) electrons. The fourth-order valence-electron chi connectivity index (χ4n) is 1.48. The molecule has 1 aromatic carbocycles. The maximum atomic E-state index is 11.9. The molecule has 17 heavy (non-hydrogen) atoms. The van der Waals surface area contributed by atoms with Crippen LogP contribution >= 0.6 is 0 Å². The first-order valence-corrected chi connectivity index (χ1v) is 7.04. The summed E-state index contributed by atoms with van der Waals surface area (Å²) in [5.41, 5.74) is 0. The number of unbranched alkanes of at least 4 members (excludes halogenated alkanes) is 1. The number of rotatable bonds is 6. The Morgan fingerprint density at radius 3 is 2.53 bits per heavy atom. The predicted octanol–water partition coefficient (Wildman–Crippen LogP) is 1.52. The van der Waals surface area contributed by atoms with Crippen molar-refractivity contribution >= 4 is 9.84 Å². The Bertz CT molecular complexity index is 476. The van der Waals surface area contributed by atoms with Gasteiger partial charge in [0.05, 0.1) is 22.8 Å². The molecule has 1 N–H and O–H groups in total. The van der Waals surface area contributed by atoms with Crippen LogP contribution in [0.1, 0.15) is 19.3 Å². The first kappa shape index (κ1) is 13.7. The van der Waals surface area contributed by atoms with Crippen LogP contribution in [-0.4, -0.2) is 25.4 Å². The van der Waals surface area contributed by atoms with Crippen LogP contribution in [0.5, 0.6) is 0 Å². The van der Waals surface area contributed by atoms with E-state index >= 15 is 0 Å². The zero-order valence-corrected chi connectivity index (χ0v) is 10.2. The molecule has 0 saturated carbocycles. The van der Waals surface area contributed by atoms with E-state index in [1.54, 1.807) is 18.2 Å². The van der Waals surface area contributed by atoms with E-state index in [9.17, 15) is 13.5 Å². The summed E-state index contributed by atoms with van der Waals surface area (Å²) < 4.78 is 23.7. The summed E-state index contributed by atoms with van der Waals surface area (Å²) in [6, 6.07) is 10.0. The average Bonchev–Trinajstić information content (AvgIpc) is 2.30. The monoisotopic (exact) mass is 253 g/mol. The molecule has 0 aliphatic carbocycles. The van der Waals surface area contributed by atoms with Crippen molar-refractivity contribution in [2.24, 2.45) is 0 Å². The van der Waals surface area contributed by atoms with Crippen LogP contribution in [0, 0.1) is 11.3 Å². The standard InChI is InChI=1S/C12H15NO3S/c13-9-5-4-6-11(14)10-17(15,16)12-7-2-1-3-8-12/h1-3,7-8,11,14H,4-6,10H2. The van der Waals surface area contributed by atoms with Gasteiger partial charge in [0.25, 0.3) is 0 Å². The highest BCUT2D eigenvalue weighted by Crippen LogP contribution is 2.13. The number of benzene rings is 1. The minimum Gasteiger partial charge on any atom is -0.392 e. The molecule has 0 aromatic heterocycles. The first-order chi connectivity index (χ1) is 8.06. The van der Waals surface area contributed by atoms with E-state index in [0.717, 1.165) is 0 Å². The molecule has 0 heterocycles. The third-order valence-electron chi connectivity index (χ3n) is 2.34. The number of sulfone groups is 1. The third kappa shape index (κ3) is 4.55. The molecule has 92 valence electrons. The molecule has 1 rings (SSSR count). The lowest BCUT2D eigenvalue weighted by molar-refractivity contribution is 0.184. The second-order valence-electron chi connectivity index (χ2n) is 3.80. The van der Waals surface area contributed by atoms with Crippen molar-refractivity contribution in [3.05, 3.63) is 30.3 Å². The highest BCUT2D eigenvalue weighted by molar-refractivity contribution is 7.91. The van der Waals surface area contributed by atoms with Crippen LogP contribution in [0.2, 0.25) is 0 Å². The van der Waals surface area contributed by atoms with Gasteiger partial charge in [-0.15, -0.1) is 0 Å². The van der Waals surface area contributed by atoms with Gasteiger partial charge in [-0.3, -0.25) is 0 Å². The summed E-state index contributed by atoms with van der Waals surface area (Å²) in [5.74, 6) is -0.289. The van der Waals surface area contributed by atoms with Crippen molar-refractivity contribution in [1.82, 2.24) is 0 Å². The Hall–Kier alpha value is -1.38. The number of nitriles is 1. The van der Waals surface area contributed by atoms with Crippen molar-refractivity contribution < 1.29 is 13.5 Å². The molecule has 4 nitrogen and oxygen atoms in total. The highest BCUT2D eigenvalue weighted by Gasteiger charge is 2.18. The SMILES string of the molecule is N#CCCCC(O)CS(=O)(=O)c1ccccc1. The van der Waals surface area contributed by atoms with Crippen molar-refractivity contribution in [3.8, 4) is 6.07 Å². The Balaban J connectivity index is 2.59. The lowest BCUT2D eigenvalue weighted by atomic mass is 10.2. The largest absolute Gasteiger partial charge is 0.392 e. The van der Waals surface area contributed by atoms with Crippen molar-refractivity contribution in [1.29, 1.82) is 5.26 Å². The summed E-state index contributed by atoms with van der Waals surface area (Å²) in [6.07, 6.45) is 0.276. The van der Waals surface area contributed by atoms with Gasteiger partial charge in [-0.1, -0.05) is 18.2 Å². The van der Waals surface area contributed by atoms with Gasteiger partial charge in [0.2, 0.25) is 0 Å². The van der Waals surface area contributed by atoms with Crippen LogP contribution in [0.25, 0.3) is 0 Å². The zero-order chi connectivity index (χ0) is 12.7. The molecule has 0 fully saturated rings. The quantitative estimate of drug-likeness (QED) is 0.779. The fraction of sp³-hybridized carbons (Fsp3) is 0.417. The summed E-state index contributed by atoms with van der Waals surface area (Å²) in [4.78, 5) is 0.222. The van der Waals surface area contributed by atoms with Crippen LogP contribution < -0.4 is 0 Å². The van der Waals surface area contributed by atoms with E-state index in [2.05, 4.69) is 0 Å². The van der Waals surface area contributed by atoms with E-state index in [1.165, 1.54) is 12.1 Å². The van der Waals surface area contributed by atoms with Gasteiger partial charge in [0.15, 0.2) is 9.84 Å². The summed E-state index contributed by atoms with van der Waals surface area (Å²) in [5, 5.41) is 17.9. The Kier molecular flexibility index (Phi) is 5.13. The summed E-state index contributed by atoms with van der Waals surface area (Å²) >= 11 is 0. The molecule has 1 unspecified atom stereocenters. The van der Waals surface area contributed by atoms with Gasteiger partial charge in [-0.2, -0.15) is 5.26 Å². The smallest absolute Gasteiger partial charge is 0.180 e. The highest BCUT2D eigenvalue weighted by atomic mass is 32.2. The van der Waals surface area contributed by atoms with Gasteiger partial charge >= 0.3 is 0 Å². The topological polar surface area (TPSA) is 78.2 Å². The van der Waals surface area contributed by atoms with Crippen molar-refractivity contribution in [3.63, 3.8) is 0 Å². The average molecular weight is 253 g/mol. The normalized spacial score (nSPS) is 12.9. The predicted molar refractivity (Wildman–Crippen MR) is 64.0 cm³/mol. The molecule has 1 atom stereocenters. The summed E-state index contributed by atoms with van der Waals surface area (Å²) in [6.45, 7) is 0. The lowest BCUT2D eigenvalue weighted by Gasteiger charge is -2.10. The molecular formula is C12H15NO3S. The molecule has 1 aromatic rings. The number of aliphatic hydroxyl groups is 1. The van der Waals surface area contributed by atoms with Gasteiger partial charge in [0.1, 0.15) is 0 Å². The fourth-order valence-corrected chi connectivity index (χ4v) is 2.91. The lowest BCUT2D eigenvalue weighted by Crippen LogP contribution is -2.20. The van der Waals surface area contributed by atoms with Gasteiger partial charge < -0.3 is 5.11 Å². The van der Waals surface area contributed by atoms with Gasteiger partial charge in [0, 0.05) is 6.42 Å². The van der Waals surface area contributed by atoms with E-state index in [4.69, 9.17) is 5.26 Å². The molecule has 5 heteroatoms. The molecule has 0 amide bonds. The number of hydrogen-bond donors (Lipinski definition) is 1. The maximum absolute atomic E-state index is 11.9. The minimum absolute atomic E-state index is 0.222. The molecule has 0 spiro atoms. The van der Waals surface area contributed by atoms with Crippen LogP contribution in [0.4, 0.5) is 0 Å². The van der Waals surface area contributed by atoms with Crippen LogP contribution in [-0.2, 0) is 9.84 Å². The summed E-state index contributed by atoms with van der Waals surface area (Å²) in [7, 11) is -3.43. The van der Waals surface area contributed by atoms with Crippen molar-refractivity contribution in [2.45, 2.75) is 30.3 Å². The first-order valence-electron chi connectivity index (χ1n) is 5.39. The van der Waals surface area contributed by atoms with E-state index in [-0.39, 0.29) is 10.6 Å². The zero-order valence-electron chi connectivity index (χ0n) is 9.41. The van der Waals surface area contributed by atoms with E-state index < -0.39 is 15.9 Å². The van der Waals surface area contributed by atoms with Gasteiger partial charge in [-0.25, -0.2) is 8.42 Å². The van der Waals surface area contributed by atoms with E-state index in [1.807, 2.05) is 6.07 Å². The second-order valence-corrected chi connectivity index (χ2v) is 5.83. The van der Waals surface area contributed by atoms with Crippen molar-refractivity contribution in [2.75, 3.05) is 5.75 Å². The Labute approximate surface area is 101 Å². The van der Waals surface area contributed by atoms with Crippen LogP contribution in [0.15, 0.2) is 35.2 Å².